The van der Waals surface area contributed by atoms with Gasteiger partial charge in [0.2, 0.25) is 0 Å². The van der Waals surface area contributed by atoms with Gasteiger partial charge < -0.3 is 9.80 Å². The average Bonchev–Trinajstić information content (AvgIpc) is 2.75. The molecular weight excluding hydrogens is 280 g/mol. The van der Waals surface area contributed by atoms with Gasteiger partial charge in [0.15, 0.2) is 0 Å². The molecular formula is C21H36N2. The Balaban J connectivity index is 1.98. The summed E-state index contributed by atoms with van der Waals surface area (Å²) in [5.41, 5.74) is 3.13. The van der Waals surface area contributed by atoms with E-state index < -0.39 is 0 Å². The van der Waals surface area contributed by atoms with E-state index in [-0.39, 0.29) is 5.41 Å². The van der Waals surface area contributed by atoms with Crippen molar-refractivity contribution in [3.8, 4) is 0 Å². The number of likely N-dealkylation sites (N-methyl/N-ethyl adjacent to an activating group) is 1. The number of nitrogens with zero attached hydrogens (tertiary/aromatic N) is 2. The van der Waals surface area contributed by atoms with Crippen LogP contribution in [0.3, 0.4) is 0 Å². The molecule has 1 aliphatic rings. The lowest BCUT2D eigenvalue weighted by Gasteiger charge is -2.31. The molecule has 0 aliphatic carbocycles. The standard InChI is InChI=1S/C21H36N2/c1-21(2,3)19-12-10-18(11-13-19)16-20(22(4)5)17-23-14-8-6-7-9-15-23/h10-13,20H,6-9,14-17H2,1-5H3. The van der Waals surface area contributed by atoms with Crippen molar-refractivity contribution < 1.29 is 0 Å². The SMILES string of the molecule is CN(C)C(Cc1ccc(C(C)(C)C)cc1)CN1CCCCCC1. The van der Waals surface area contributed by atoms with Gasteiger partial charge in [0.05, 0.1) is 0 Å². The molecule has 23 heavy (non-hydrogen) atoms. The third-order valence-electron chi connectivity index (χ3n) is 5.19. The van der Waals surface area contributed by atoms with Gasteiger partial charge in [-0.3, -0.25) is 0 Å². The second kappa shape index (κ2) is 8.30. The van der Waals surface area contributed by atoms with Crippen LogP contribution in [0.15, 0.2) is 24.3 Å². The number of hydrogen-bond donors (Lipinski definition) is 0. The summed E-state index contributed by atoms with van der Waals surface area (Å²) < 4.78 is 0. The fraction of sp³-hybridized carbons (Fsp3) is 0.714. The summed E-state index contributed by atoms with van der Waals surface area (Å²) in [6, 6.07) is 9.90. The molecule has 1 atom stereocenters. The largest absolute Gasteiger partial charge is 0.305 e. The zero-order valence-corrected chi connectivity index (χ0v) is 15.9. The summed E-state index contributed by atoms with van der Waals surface area (Å²) >= 11 is 0. The molecule has 1 aliphatic heterocycles. The van der Waals surface area contributed by atoms with Crippen molar-refractivity contribution in [1.29, 1.82) is 0 Å². The van der Waals surface area contributed by atoms with Crippen LogP contribution in [0.5, 0.6) is 0 Å². The molecule has 0 amide bonds. The predicted octanol–water partition coefficient (Wildman–Crippen LogP) is 4.33. The third kappa shape index (κ3) is 5.93. The van der Waals surface area contributed by atoms with Crippen LogP contribution in [0, 0.1) is 0 Å². The van der Waals surface area contributed by atoms with E-state index in [1.807, 2.05) is 0 Å². The first-order valence-electron chi connectivity index (χ1n) is 9.34. The molecule has 1 aromatic carbocycles. The Morgan fingerprint density at radius 3 is 2.00 bits per heavy atom. The minimum Gasteiger partial charge on any atom is -0.305 e. The molecule has 1 aromatic rings. The number of hydrogen-bond acceptors (Lipinski definition) is 2. The number of benzene rings is 1. The lowest BCUT2D eigenvalue weighted by molar-refractivity contribution is 0.185. The first-order chi connectivity index (χ1) is 10.9. The van der Waals surface area contributed by atoms with Gasteiger partial charge in [-0.15, -0.1) is 0 Å². The van der Waals surface area contributed by atoms with E-state index in [4.69, 9.17) is 0 Å². The van der Waals surface area contributed by atoms with E-state index in [0.29, 0.717) is 6.04 Å². The maximum absolute atomic E-state index is 2.68. The molecule has 0 spiro atoms. The predicted molar refractivity (Wildman–Crippen MR) is 101 cm³/mol. The van der Waals surface area contributed by atoms with Gasteiger partial charge in [0, 0.05) is 12.6 Å². The Hall–Kier alpha value is -0.860. The molecule has 2 heteroatoms. The summed E-state index contributed by atoms with van der Waals surface area (Å²) in [5.74, 6) is 0. The average molecular weight is 317 g/mol. The first-order valence-corrected chi connectivity index (χ1v) is 9.34. The molecule has 0 saturated carbocycles. The molecule has 0 aromatic heterocycles. The Bertz CT molecular complexity index is 448. The summed E-state index contributed by atoms with van der Waals surface area (Å²) in [6.45, 7) is 10.6. The van der Waals surface area contributed by atoms with Gasteiger partial charge in [-0.1, -0.05) is 57.9 Å². The van der Waals surface area contributed by atoms with Crippen LogP contribution in [0.4, 0.5) is 0 Å². The first kappa shape index (κ1) is 18.5. The van der Waals surface area contributed by atoms with Gasteiger partial charge in [-0.2, -0.15) is 0 Å². The van der Waals surface area contributed by atoms with Crippen LogP contribution in [-0.4, -0.2) is 49.6 Å². The number of rotatable bonds is 5. The van der Waals surface area contributed by atoms with Crippen molar-refractivity contribution in [3.05, 3.63) is 35.4 Å². The Labute approximate surface area is 143 Å². The van der Waals surface area contributed by atoms with Crippen LogP contribution in [0.2, 0.25) is 0 Å². The highest BCUT2D eigenvalue weighted by molar-refractivity contribution is 5.28. The van der Waals surface area contributed by atoms with E-state index in [9.17, 15) is 0 Å². The summed E-state index contributed by atoms with van der Waals surface area (Å²) in [4.78, 5) is 5.09. The summed E-state index contributed by atoms with van der Waals surface area (Å²) in [6.07, 6.45) is 6.73. The highest BCUT2D eigenvalue weighted by Gasteiger charge is 2.19. The molecule has 130 valence electrons. The molecule has 0 N–H and O–H groups in total. The highest BCUT2D eigenvalue weighted by Crippen LogP contribution is 2.23. The van der Waals surface area contributed by atoms with E-state index in [1.54, 1.807) is 0 Å². The molecule has 1 unspecified atom stereocenters. The van der Waals surface area contributed by atoms with Gasteiger partial charge in [-0.25, -0.2) is 0 Å². The van der Waals surface area contributed by atoms with Crippen LogP contribution in [0.25, 0.3) is 0 Å². The Morgan fingerprint density at radius 2 is 1.52 bits per heavy atom. The van der Waals surface area contributed by atoms with Gasteiger partial charge in [0.1, 0.15) is 0 Å². The van der Waals surface area contributed by atoms with Crippen molar-refractivity contribution in [2.75, 3.05) is 33.7 Å². The third-order valence-corrected chi connectivity index (χ3v) is 5.19. The zero-order chi connectivity index (χ0) is 16.9. The van der Waals surface area contributed by atoms with Crippen molar-refractivity contribution >= 4 is 0 Å². The maximum Gasteiger partial charge on any atom is 0.0257 e. The lowest BCUT2D eigenvalue weighted by Crippen LogP contribution is -2.42. The topological polar surface area (TPSA) is 6.48 Å². The minimum absolute atomic E-state index is 0.242. The van der Waals surface area contributed by atoms with Gasteiger partial charge in [0.25, 0.3) is 0 Å². The van der Waals surface area contributed by atoms with Crippen molar-refractivity contribution in [1.82, 2.24) is 9.80 Å². The van der Waals surface area contributed by atoms with Crippen LogP contribution in [-0.2, 0) is 11.8 Å². The molecule has 1 saturated heterocycles. The van der Waals surface area contributed by atoms with Crippen LogP contribution in [0.1, 0.15) is 57.6 Å². The molecule has 1 heterocycles. The van der Waals surface area contributed by atoms with Gasteiger partial charge >= 0.3 is 0 Å². The fourth-order valence-corrected chi connectivity index (χ4v) is 3.44. The van der Waals surface area contributed by atoms with E-state index in [0.717, 1.165) is 6.42 Å². The van der Waals surface area contributed by atoms with Crippen LogP contribution < -0.4 is 0 Å². The monoisotopic (exact) mass is 316 g/mol. The number of likely N-dealkylation sites (tertiary alicyclic amines) is 1. The smallest absolute Gasteiger partial charge is 0.0257 e. The Kier molecular flexibility index (Phi) is 6.67. The second-order valence-corrected chi connectivity index (χ2v) is 8.48. The quantitative estimate of drug-likeness (QED) is 0.797. The zero-order valence-electron chi connectivity index (χ0n) is 15.9. The fourth-order valence-electron chi connectivity index (χ4n) is 3.44. The van der Waals surface area contributed by atoms with Crippen molar-refractivity contribution in [3.63, 3.8) is 0 Å². The maximum atomic E-state index is 2.68. The molecule has 2 rings (SSSR count). The summed E-state index contributed by atoms with van der Waals surface area (Å²) in [5, 5.41) is 0. The van der Waals surface area contributed by atoms with E-state index in [2.05, 4.69) is 68.9 Å². The molecule has 0 bridgehead atoms. The second-order valence-electron chi connectivity index (χ2n) is 8.48. The Morgan fingerprint density at radius 1 is 0.957 bits per heavy atom. The van der Waals surface area contributed by atoms with Crippen molar-refractivity contribution in [2.24, 2.45) is 0 Å². The van der Waals surface area contributed by atoms with E-state index in [1.165, 1.54) is 56.4 Å². The van der Waals surface area contributed by atoms with Crippen molar-refractivity contribution in [2.45, 2.75) is 64.3 Å². The van der Waals surface area contributed by atoms with Gasteiger partial charge in [-0.05, 0) is 63.0 Å². The van der Waals surface area contributed by atoms with Crippen LogP contribution >= 0.6 is 0 Å². The minimum atomic E-state index is 0.242. The summed E-state index contributed by atoms with van der Waals surface area (Å²) in [7, 11) is 4.46. The highest BCUT2D eigenvalue weighted by atomic mass is 15.2. The molecule has 2 nitrogen and oxygen atoms in total. The normalized spacial score (nSPS) is 18.9. The van der Waals surface area contributed by atoms with E-state index >= 15 is 0 Å². The lowest BCUT2D eigenvalue weighted by atomic mass is 9.86. The molecule has 1 fully saturated rings. The molecule has 0 radical (unpaired) electrons.